The number of rotatable bonds is 7. The zero-order valence-corrected chi connectivity index (χ0v) is 12.9. The standard InChI is InChI=1S/C16H26N2O2/c1-5-13(11-17)16(19)18(3)12(2)10-14-8-6-7-9-15(14)20-4/h6-9,12-13H,5,10-11,17H2,1-4H3. The Morgan fingerprint density at radius 2 is 2.05 bits per heavy atom. The average molecular weight is 278 g/mol. The number of likely N-dealkylation sites (N-methyl/N-ethyl adjacent to an activating group) is 1. The normalized spacial score (nSPS) is 13.7. The first-order chi connectivity index (χ1) is 9.54. The molecule has 1 amide bonds. The van der Waals surface area contributed by atoms with Crippen LogP contribution in [-0.2, 0) is 11.2 Å². The van der Waals surface area contributed by atoms with E-state index < -0.39 is 0 Å². The molecule has 1 rings (SSSR count). The van der Waals surface area contributed by atoms with E-state index in [1.165, 1.54) is 0 Å². The second kappa shape index (κ2) is 7.90. The molecule has 0 bridgehead atoms. The highest BCUT2D eigenvalue weighted by Gasteiger charge is 2.23. The molecule has 0 aliphatic rings. The summed E-state index contributed by atoms with van der Waals surface area (Å²) in [5.41, 5.74) is 6.77. The summed E-state index contributed by atoms with van der Waals surface area (Å²) in [5, 5.41) is 0. The molecular formula is C16H26N2O2. The van der Waals surface area contributed by atoms with Crippen LogP contribution in [0.15, 0.2) is 24.3 Å². The maximum absolute atomic E-state index is 12.3. The van der Waals surface area contributed by atoms with E-state index >= 15 is 0 Å². The van der Waals surface area contributed by atoms with Crippen molar-refractivity contribution in [1.82, 2.24) is 4.90 Å². The van der Waals surface area contributed by atoms with Crippen LogP contribution in [0.1, 0.15) is 25.8 Å². The molecule has 0 spiro atoms. The van der Waals surface area contributed by atoms with Crippen LogP contribution in [0.5, 0.6) is 5.75 Å². The summed E-state index contributed by atoms with van der Waals surface area (Å²) in [4.78, 5) is 14.1. The summed E-state index contributed by atoms with van der Waals surface area (Å²) in [6, 6.07) is 8.02. The van der Waals surface area contributed by atoms with Gasteiger partial charge in [0.25, 0.3) is 0 Å². The lowest BCUT2D eigenvalue weighted by molar-refractivity contribution is -0.135. The highest BCUT2D eigenvalue weighted by atomic mass is 16.5. The van der Waals surface area contributed by atoms with E-state index in [1.54, 1.807) is 12.0 Å². The van der Waals surface area contributed by atoms with E-state index in [1.807, 2.05) is 45.2 Å². The predicted octanol–water partition coefficient (Wildman–Crippen LogP) is 2.07. The topological polar surface area (TPSA) is 55.6 Å². The second-order valence-corrected chi connectivity index (χ2v) is 5.16. The van der Waals surface area contributed by atoms with Gasteiger partial charge in [-0.3, -0.25) is 4.79 Å². The molecule has 112 valence electrons. The number of benzene rings is 1. The molecule has 1 aromatic carbocycles. The predicted molar refractivity (Wildman–Crippen MR) is 81.8 cm³/mol. The van der Waals surface area contributed by atoms with Crippen molar-refractivity contribution >= 4 is 5.91 Å². The van der Waals surface area contributed by atoms with Gasteiger partial charge < -0.3 is 15.4 Å². The minimum atomic E-state index is -0.0832. The Morgan fingerprint density at radius 3 is 2.60 bits per heavy atom. The molecule has 0 radical (unpaired) electrons. The summed E-state index contributed by atoms with van der Waals surface area (Å²) in [6.07, 6.45) is 1.55. The Labute approximate surface area is 121 Å². The van der Waals surface area contributed by atoms with Gasteiger partial charge in [-0.25, -0.2) is 0 Å². The van der Waals surface area contributed by atoms with E-state index in [-0.39, 0.29) is 17.9 Å². The van der Waals surface area contributed by atoms with Gasteiger partial charge in [0.05, 0.1) is 13.0 Å². The maximum atomic E-state index is 12.3. The first-order valence-corrected chi connectivity index (χ1v) is 7.13. The van der Waals surface area contributed by atoms with Crippen LogP contribution >= 0.6 is 0 Å². The third-order valence-electron chi connectivity index (χ3n) is 3.84. The zero-order chi connectivity index (χ0) is 15.1. The van der Waals surface area contributed by atoms with Crippen molar-refractivity contribution in [1.29, 1.82) is 0 Å². The van der Waals surface area contributed by atoms with Gasteiger partial charge in [-0.1, -0.05) is 25.1 Å². The number of ether oxygens (including phenoxy) is 1. The Hall–Kier alpha value is -1.55. The van der Waals surface area contributed by atoms with Crippen molar-refractivity contribution in [3.05, 3.63) is 29.8 Å². The van der Waals surface area contributed by atoms with Gasteiger partial charge in [0.15, 0.2) is 0 Å². The van der Waals surface area contributed by atoms with Crippen molar-refractivity contribution in [2.24, 2.45) is 11.7 Å². The third kappa shape index (κ3) is 3.97. The van der Waals surface area contributed by atoms with Crippen LogP contribution < -0.4 is 10.5 Å². The number of methoxy groups -OCH3 is 1. The average Bonchev–Trinajstić information content (AvgIpc) is 2.48. The molecule has 0 saturated heterocycles. The molecule has 2 unspecified atom stereocenters. The van der Waals surface area contributed by atoms with Crippen molar-refractivity contribution < 1.29 is 9.53 Å². The number of para-hydroxylation sites is 1. The number of hydrogen-bond acceptors (Lipinski definition) is 3. The molecule has 0 aliphatic carbocycles. The number of nitrogens with zero attached hydrogens (tertiary/aromatic N) is 1. The molecule has 20 heavy (non-hydrogen) atoms. The maximum Gasteiger partial charge on any atom is 0.226 e. The van der Waals surface area contributed by atoms with Crippen LogP contribution in [0.3, 0.4) is 0 Å². The molecule has 0 aromatic heterocycles. The lowest BCUT2D eigenvalue weighted by atomic mass is 10.0. The fourth-order valence-electron chi connectivity index (χ4n) is 2.27. The molecule has 0 heterocycles. The van der Waals surface area contributed by atoms with Crippen molar-refractivity contribution in [3.63, 3.8) is 0 Å². The van der Waals surface area contributed by atoms with Gasteiger partial charge in [0, 0.05) is 19.6 Å². The first kappa shape index (κ1) is 16.5. The molecule has 4 heteroatoms. The summed E-state index contributed by atoms with van der Waals surface area (Å²) in [6.45, 7) is 4.45. The monoisotopic (exact) mass is 278 g/mol. The van der Waals surface area contributed by atoms with E-state index in [9.17, 15) is 4.79 Å². The first-order valence-electron chi connectivity index (χ1n) is 7.13. The van der Waals surface area contributed by atoms with E-state index in [2.05, 4.69) is 0 Å². The molecular weight excluding hydrogens is 252 g/mol. The highest BCUT2D eigenvalue weighted by molar-refractivity contribution is 5.79. The van der Waals surface area contributed by atoms with Gasteiger partial charge in [-0.2, -0.15) is 0 Å². The summed E-state index contributed by atoms with van der Waals surface area (Å²) >= 11 is 0. The van der Waals surface area contributed by atoms with E-state index in [0.29, 0.717) is 6.54 Å². The van der Waals surface area contributed by atoms with Gasteiger partial charge >= 0.3 is 0 Å². The van der Waals surface area contributed by atoms with Gasteiger partial charge in [-0.05, 0) is 31.4 Å². The molecule has 0 aliphatic heterocycles. The van der Waals surface area contributed by atoms with Crippen LogP contribution in [0, 0.1) is 5.92 Å². The largest absolute Gasteiger partial charge is 0.496 e. The minimum absolute atomic E-state index is 0.0832. The lowest BCUT2D eigenvalue weighted by Crippen LogP contribution is -2.42. The fourth-order valence-corrected chi connectivity index (χ4v) is 2.27. The lowest BCUT2D eigenvalue weighted by Gasteiger charge is -2.28. The number of carbonyl (C=O) groups excluding carboxylic acids is 1. The van der Waals surface area contributed by atoms with Gasteiger partial charge in [0.2, 0.25) is 5.91 Å². The fraction of sp³-hybridized carbons (Fsp3) is 0.562. The van der Waals surface area contributed by atoms with Crippen molar-refractivity contribution in [2.45, 2.75) is 32.7 Å². The Kier molecular flexibility index (Phi) is 6.52. The number of hydrogen-bond donors (Lipinski definition) is 1. The molecule has 2 N–H and O–H groups in total. The molecule has 2 atom stereocenters. The number of amides is 1. The molecule has 0 saturated carbocycles. The zero-order valence-electron chi connectivity index (χ0n) is 12.9. The third-order valence-corrected chi connectivity index (χ3v) is 3.84. The molecule has 0 fully saturated rings. The van der Waals surface area contributed by atoms with Crippen molar-refractivity contribution in [3.8, 4) is 5.75 Å². The van der Waals surface area contributed by atoms with Crippen LogP contribution in [0.25, 0.3) is 0 Å². The van der Waals surface area contributed by atoms with Crippen LogP contribution in [0.4, 0.5) is 0 Å². The second-order valence-electron chi connectivity index (χ2n) is 5.16. The Morgan fingerprint density at radius 1 is 1.40 bits per heavy atom. The quantitative estimate of drug-likeness (QED) is 0.830. The number of carbonyl (C=O) groups is 1. The molecule has 4 nitrogen and oxygen atoms in total. The van der Waals surface area contributed by atoms with Crippen molar-refractivity contribution in [2.75, 3.05) is 20.7 Å². The van der Waals surface area contributed by atoms with E-state index in [0.717, 1.165) is 24.2 Å². The molecule has 1 aromatic rings. The summed E-state index contributed by atoms with van der Waals surface area (Å²) < 4.78 is 5.35. The SMILES string of the molecule is CCC(CN)C(=O)N(C)C(C)Cc1ccccc1OC. The van der Waals surface area contributed by atoms with Gasteiger partial charge in [-0.15, -0.1) is 0 Å². The summed E-state index contributed by atoms with van der Waals surface area (Å²) in [7, 11) is 3.51. The van der Waals surface area contributed by atoms with Crippen LogP contribution in [-0.4, -0.2) is 37.6 Å². The van der Waals surface area contributed by atoms with Crippen LogP contribution in [0.2, 0.25) is 0 Å². The minimum Gasteiger partial charge on any atom is -0.496 e. The highest BCUT2D eigenvalue weighted by Crippen LogP contribution is 2.21. The van der Waals surface area contributed by atoms with E-state index in [4.69, 9.17) is 10.5 Å². The smallest absolute Gasteiger partial charge is 0.226 e. The summed E-state index contributed by atoms with van der Waals surface area (Å²) in [5.74, 6) is 0.906. The van der Waals surface area contributed by atoms with Gasteiger partial charge in [0.1, 0.15) is 5.75 Å². The number of nitrogens with two attached hydrogens (primary N) is 1. The Balaban J connectivity index is 2.75. The Bertz CT molecular complexity index is 430.